The summed E-state index contributed by atoms with van der Waals surface area (Å²) in [4.78, 5) is 20.5. The predicted octanol–water partition coefficient (Wildman–Crippen LogP) is 3.97. The molecule has 0 aliphatic carbocycles. The monoisotopic (exact) mass is 477 g/mol. The molecule has 2 N–H and O–H groups in total. The number of hydrogen-bond donors (Lipinski definition) is 1. The fraction of sp³-hybridized carbons (Fsp3) is 0.350. The Kier molecular flexibility index (Phi) is 8.27. The number of alkyl halides is 2. The number of Topliss-reactive ketones (excluding diaryl/α,β-unsaturated/α-hetero) is 1. The number of nitrogens with two attached hydrogens (primary N) is 1. The quantitative estimate of drug-likeness (QED) is 0.609. The minimum atomic E-state index is -3.07. The van der Waals surface area contributed by atoms with Gasteiger partial charge in [0, 0.05) is 18.1 Å². The fourth-order valence-corrected chi connectivity index (χ4v) is 3.42. The molecule has 1 aliphatic rings. The minimum absolute atomic E-state index is 0. The van der Waals surface area contributed by atoms with Gasteiger partial charge < -0.3 is 15.2 Å². The van der Waals surface area contributed by atoms with Gasteiger partial charge in [-0.3, -0.25) is 9.79 Å². The van der Waals surface area contributed by atoms with E-state index in [9.17, 15) is 18.0 Å². The second-order valence-electron chi connectivity index (χ2n) is 6.67. The molecule has 0 unspecified atom stereocenters. The first-order valence-electron chi connectivity index (χ1n) is 9.07. The van der Waals surface area contributed by atoms with Crippen LogP contribution in [-0.4, -0.2) is 42.8 Å². The zero-order valence-electron chi connectivity index (χ0n) is 16.4. The first kappa shape index (κ1) is 24.9. The molecule has 3 rings (SSSR count). The number of nitrogens with zero attached hydrogens (tertiary/aromatic N) is 2. The number of aromatic nitrogens is 1. The number of halogens is 5. The molecule has 0 amide bonds. The number of pyridine rings is 1. The van der Waals surface area contributed by atoms with Crippen molar-refractivity contribution in [2.24, 2.45) is 10.7 Å². The van der Waals surface area contributed by atoms with Crippen LogP contribution in [0.3, 0.4) is 0 Å². The molecule has 1 atom stereocenters. The van der Waals surface area contributed by atoms with Crippen LogP contribution in [-0.2, 0) is 16.7 Å². The van der Waals surface area contributed by atoms with Crippen molar-refractivity contribution >= 4 is 35.6 Å². The third kappa shape index (κ3) is 5.28. The number of rotatable bonds is 7. The third-order valence-corrected chi connectivity index (χ3v) is 4.82. The van der Waals surface area contributed by atoms with Gasteiger partial charge >= 0.3 is 0 Å². The Bertz CT molecular complexity index is 991. The van der Waals surface area contributed by atoms with Crippen LogP contribution in [0.2, 0.25) is 5.02 Å². The van der Waals surface area contributed by atoms with Crippen molar-refractivity contribution in [1.82, 2.24) is 4.98 Å². The third-order valence-electron chi connectivity index (χ3n) is 4.53. The summed E-state index contributed by atoms with van der Waals surface area (Å²) in [6.45, 7) is 1.55. The molecule has 0 fully saturated rings. The highest BCUT2D eigenvalue weighted by atomic mass is 35.5. The summed E-state index contributed by atoms with van der Waals surface area (Å²) in [6, 6.07) is 4.97. The van der Waals surface area contributed by atoms with Gasteiger partial charge in [0.25, 0.3) is 6.43 Å². The summed E-state index contributed by atoms with van der Waals surface area (Å²) >= 11 is 6.11. The number of carbonyl (C=O) groups excluding carboxylic acids is 1. The van der Waals surface area contributed by atoms with E-state index in [4.69, 9.17) is 26.8 Å². The van der Waals surface area contributed by atoms with Gasteiger partial charge in [-0.2, -0.15) is 0 Å². The molecule has 168 valence electrons. The Morgan fingerprint density at radius 1 is 1.39 bits per heavy atom. The van der Waals surface area contributed by atoms with Gasteiger partial charge in [-0.1, -0.05) is 17.7 Å². The van der Waals surface area contributed by atoms with Gasteiger partial charge in [-0.15, -0.1) is 12.4 Å². The van der Waals surface area contributed by atoms with Gasteiger partial charge in [0.05, 0.1) is 24.4 Å². The molecule has 6 nitrogen and oxygen atoms in total. The molecular weight excluding hydrogens is 458 g/mol. The largest absolute Gasteiger partial charge is 0.492 e. The van der Waals surface area contributed by atoms with Crippen LogP contribution < -0.4 is 10.5 Å². The minimum Gasteiger partial charge on any atom is -0.492 e. The van der Waals surface area contributed by atoms with E-state index in [0.717, 1.165) is 6.07 Å². The molecule has 0 radical (unpaired) electrons. The predicted molar refractivity (Wildman–Crippen MR) is 112 cm³/mol. The molecule has 2 aromatic rings. The van der Waals surface area contributed by atoms with Crippen molar-refractivity contribution in [3.63, 3.8) is 0 Å². The van der Waals surface area contributed by atoms with Crippen LogP contribution in [0, 0.1) is 5.82 Å². The summed E-state index contributed by atoms with van der Waals surface area (Å²) in [5, 5.41) is 0.0930. The Balaban J connectivity index is 0.00000341. The van der Waals surface area contributed by atoms with Crippen molar-refractivity contribution in [3.8, 4) is 5.75 Å². The van der Waals surface area contributed by atoms with Crippen LogP contribution in [0.15, 0.2) is 35.5 Å². The highest BCUT2D eigenvalue weighted by molar-refractivity contribution is 6.33. The molecule has 11 heteroatoms. The Morgan fingerprint density at radius 3 is 2.74 bits per heavy atom. The van der Waals surface area contributed by atoms with E-state index in [0.29, 0.717) is 17.9 Å². The first-order chi connectivity index (χ1) is 14.3. The molecule has 0 bridgehead atoms. The smallest absolute Gasteiger partial charge is 0.269 e. The topological polar surface area (TPSA) is 86.8 Å². The number of amidine groups is 1. The van der Waals surface area contributed by atoms with E-state index in [2.05, 4.69) is 9.98 Å². The van der Waals surface area contributed by atoms with Crippen molar-refractivity contribution in [3.05, 3.63) is 58.1 Å². The van der Waals surface area contributed by atoms with Crippen molar-refractivity contribution < 1.29 is 27.4 Å². The summed E-state index contributed by atoms with van der Waals surface area (Å²) in [5.74, 6) is -1.11. The van der Waals surface area contributed by atoms with Crippen LogP contribution in [0.1, 0.15) is 28.5 Å². The summed E-state index contributed by atoms with van der Waals surface area (Å²) in [6.07, 6.45) is -1.94. The summed E-state index contributed by atoms with van der Waals surface area (Å²) in [7, 11) is 0. The SMILES string of the molecule is CCOc1cnc(C(=O)Cc2ccc(F)c([C@]3(C(F)F)COCC(N)=N3)c2)c(Cl)c1.Cl. The van der Waals surface area contributed by atoms with Crippen LogP contribution in [0.25, 0.3) is 0 Å². The molecular formula is C20H20Cl2F3N3O3. The van der Waals surface area contributed by atoms with Gasteiger partial charge in [-0.25, -0.2) is 18.2 Å². The van der Waals surface area contributed by atoms with Crippen molar-refractivity contribution in [2.45, 2.75) is 25.3 Å². The van der Waals surface area contributed by atoms with Crippen LogP contribution in [0.4, 0.5) is 13.2 Å². The number of benzene rings is 1. The maximum Gasteiger partial charge on any atom is 0.269 e. The average Bonchev–Trinajstić information content (AvgIpc) is 2.69. The lowest BCUT2D eigenvalue weighted by Gasteiger charge is -2.33. The molecule has 1 aromatic carbocycles. The summed E-state index contributed by atoms with van der Waals surface area (Å²) in [5.41, 5.74) is 3.18. The van der Waals surface area contributed by atoms with Gasteiger partial charge in [0.2, 0.25) is 0 Å². The molecule has 1 aliphatic heterocycles. The van der Waals surface area contributed by atoms with Gasteiger partial charge in [-0.05, 0) is 24.6 Å². The number of ketones is 1. The van der Waals surface area contributed by atoms with Gasteiger partial charge in [0.15, 0.2) is 11.3 Å². The number of ether oxygens (including phenoxy) is 2. The Morgan fingerprint density at radius 2 is 2.13 bits per heavy atom. The van der Waals surface area contributed by atoms with Crippen molar-refractivity contribution in [1.29, 1.82) is 0 Å². The molecule has 2 heterocycles. The Labute approximate surface area is 188 Å². The highest BCUT2D eigenvalue weighted by Gasteiger charge is 2.46. The van der Waals surface area contributed by atoms with E-state index >= 15 is 0 Å². The summed E-state index contributed by atoms with van der Waals surface area (Å²) < 4.78 is 52.7. The molecule has 0 saturated carbocycles. The van der Waals surface area contributed by atoms with E-state index in [-0.39, 0.29) is 42.0 Å². The lowest BCUT2D eigenvalue weighted by atomic mass is 9.88. The second-order valence-corrected chi connectivity index (χ2v) is 7.08. The lowest BCUT2D eigenvalue weighted by molar-refractivity contribution is -0.0146. The lowest BCUT2D eigenvalue weighted by Crippen LogP contribution is -2.45. The maximum absolute atomic E-state index is 14.5. The number of hydrogen-bond acceptors (Lipinski definition) is 6. The maximum atomic E-state index is 14.5. The standard InChI is InChI=1S/C20H19ClF3N3O3.ClH/c1-2-30-12-7-14(21)18(26-8-12)16(28)6-11-3-4-15(22)13(5-11)20(19(23)24)10-29-9-17(25)27-20;/h3-5,7-8,19H,2,6,9-10H2,1H3,(H2,25,27);1H/t20-;/m0./s1. The van der Waals surface area contributed by atoms with E-state index < -0.39 is 35.7 Å². The first-order valence-corrected chi connectivity index (χ1v) is 9.45. The second kappa shape index (κ2) is 10.3. The Hall–Kier alpha value is -2.36. The van der Waals surface area contributed by atoms with E-state index in [1.807, 2.05) is 0 Å². The van der Waals surface area contributed by atoms with E-state index in [1.54, 1.807) is 6.92 Å². The average molecular weight is 478 g/mol. The fourth-order valence-electron chi connectivity index (χ4n) is 3.15. The van der Waals surface area contributed by atoms with Crippen molar-refractivity contribution in [2.75, 3.05) is 19.8 Å². The number of aliphatic imine (C=N–C) groups is 1. The zero-order chi connectivity index (χ0) is 21.9. The highest BCUT2D eigenvalue weighted by Crippen LogP contribution is 2.37. The number of carbonyl (C=O) groups is 1. The van der Waals surface area contributed by atoms with Crippen LogP contribution in [0.5, 0.6) is 5.75 Å². The van der Waals surface area contributed by atoms with E-state index in [1.165, 1.54) is 24.4 Å². The van der Waals surface area contributed by atoms with Crippen LogP contribution >= 0.6 is 24.0 Å². The van der Waals surface area contributed by atoms with Gasteiger partial charge in [0.1, 0.15) is 29.7 Å². The molecule has 0 saturated heterocycles. The zero-order valence-corrected chi connectivity index (χ0v) is 18.0. The molecule has 31 heavy (non-hydrogen) atoms. The molecule has 1 aromatic heterocycles. The normalized spacial score (nSPS) is 18.3. The molecule has 0 spiro atoms.